The van der Waals surface area contributed by atoms with E-state index in [1.54, 1.807) is 7.11 Å². The first-order chi connectivity index (χ1) is 5.77. The maximum Gasteiger partial charge on any atom is 0.224 e. The lowest BCUT2D eigenvalue weighted by Gasteiger charge is -1.98. The van der Waals surface area contributed by atoms with Crippen LogP contribution in [0.1, 0.15) is 12.6 Å². The van der Waals surface area contributed by atoms with Crippen LogP contribution in [0.3, 0.4) is 0 Å². The highest BCUT2D eigenvalue weighted by Crippen LogP contribution is 2.11. The second-order valence-electron chi connectivity index (χ2n) is 2.42. The Hall–Kier alpha value is -1.38. The molecule has 0 amide bonds. The Morgan fingerprint density at radius 1 is 1.50 bits per heavy atom. The van der Waals surface area contributed by atoms with E-state index in [-0.39, 0.29) is 0 Å². The highest BCUT2D eigenvalue weighted by Gasteiger charge is 2.03. The van der Waals surface area contributed by atoms with Crippen molar-refractivity contribution in [2.75, 3.05) is 7.11 Å². The van der Waals surface area contributed by atoms with Crippen molar-refractivity contribution in [3.63, 3.8) is 0 Å². The Labute approximate surface area is 72.1 Å². The molecule has 0 aliphatic heterocycles. The zero-order valence-corrected chi connectivity index (χ0v) is 7.59. The Balaban J connectivity index is 3.03. The van der Waals surface area contributed by atoms with Gasteiger partial charge in [0.05, 0.1) is 7.11 Å². The summed E-state index contributed by atoms with van der Waals surface area (Å²) in [6.07, 6.45) is 1.87. The van der Waals surface area contributed by atoms with Gasteiger partial charge in [-0.1, -0.05) is 0 Å². The van der Waals surface area contributed by atoms with Gasteiger partial charge in [0, 0.05) is 19.1 Å². The van der Waals surface area contributed by atoms with E-state index < -0.39 is 0 Å². The van der Waals surface area contributed by atoms with Crippen molar-refractivity contribution in [3.05, 3.63) is 17.8 Å². The van der Waals surface area contributed by atoms with Crippen molar-refractivity contribution in [3.8, 4) is 5.88 Å². The van der Waals surface area contributed by atoms with Crippen LogP contribution in [0.2, 0.25) is 0 Å². The first-order valence-corrected chi connectivity index (χ1v) is 3.84. The third kappa shape index (κ3) is 1.81. The van der Waals surface area contributed by atoms with Gasteiger partial charge in [0.1, 0.15) is 11.9 Å². The van der Waals surface area contributed by atoms with E-state index in [4.69, 9.17) is 4.74 Å². The second kappa shape index (κ2) is 3.85. The summed E-state index contributed by atoms with van der Waals surface area (Å²) in [6, 6.07) is 3.78. The van der Waals surface area contributed by atoms with Crippen LogP contribution < -0.4 is 9.73 Å². The predicted molar refractivity (Wildman–Crippen MR) is 47.9 cm³/mol. The summed E-state index contributed by atoms with van der Waals surface area (Å²) in [5.41, 5.74) is 1.95. The number of hydrogen-bond donors (Lipinski definition) is 1. The third-order valence-corrected chi connectivity index (χ3v) is 1.57. The van der Waals surface area contributed by atoms with E-state index >= 15 is 0 Å². The monoisotopic (exact) mass is 165 g/mol. The molecule has 12 heavy (non-hydrogen) atoms. The average molecular weight is 165 g/mol. The number of nitrogens with one attached hydrogen (secondary N) is 1. The first kappa shape index (κ1) is 8.71. The molecule has 0 aliphatic carbocycles. The SMILES string of the molecule is CC=[NH+]c1ccc(OC)nc1C. The van der Waals surface area contributed by atoms with Crippen LogP contribution in [0.25, 0.3) is 0 Å². The fraction of sp³-hybridized carbons (Fsp3) is 0.333. The molecule has 0 fully saturated rings. The topological polar surface area (TPSA) is 36.1 Å². The first-order valence-electron chi connectivity index (χ1n) is 3.84. The maximum absolute atomic E-state index is 4.98. The molecule has 0 aliphatic rings. The molecule has 0 bridgehead atoms. The molecule has 0 atom stereocenters. The Bertz CT molecular complexity index is 295. The standard InChI is InChI=1S/C9H12N2O/c1-4-10-8-5-6-9(12-3)11-7(8)2/h4-6H,1-3H3/p+1. The lowest BCUT2D eigenvalue weighted by atomic mass is 10.3. The van der Waals surface area contributed by atoms with Gasteiger partial charge in [-0.05, 0) is 6.92 Å². The minimum Gasteiger partial charge on any atom is -0.481 e. The summed E-state index contributed by atoms with van der Waals surface area (Å²) >= 11 is 0. The minimum absolute atomic E-state index is 0.647. The number of nitrogens with zero attached hydrogens (tertiary/aromatic N) is 1. The predicted octanol–water partition coefficient (Wildman–Crippen LogP) is 0.201. The largest absolute Gasteiger partial charge is 0.481 e. The van der Waals surface area contributed by atoms with Gasteiger partial charge in [-0.25, -0.2) is 9.98 Å². The van der Waals surface area contributed by atoms with Gasteiger partial charge in [0.15, 0.2) is 0 Å². The van der Waals surface area contributed by atoms with Gasteiger partial charge in [0.25, 0.3) is 0 Å². The van der Waals surface area contributed by atoms with Crippen LogP contribution in [-0.2, 0) is 0 Å². The van der Waals surface area contributed by atoms with Crippen LogP contribution in [0.15, 0.2) is 12.1 Å². The quantitative estimate of drug-likeness (QED) is 0.635. The lowest BCUT2D eigenvalue weighted by molar-refractivity contribution is -0.349. The molecule has 3 heteroatoms. The summed E-state index contributed by atoms with van der Waals surface area (Å²) in [5, 5.41) is 0. The van der Waals surface area contributed by atoms with Crippen LogP contribution in [0, 0.1) is 6.92 Å². The van der Waals surface area contributed by atoms with Crippen molar-refractivity contribution in [1.82, 2.24) is 4.98 Å². The zero-order valence-electron chi connectivity index (χ0n) is 7.59. The molecule has 1 heterocycles. The van der Waals surface area contributed by atoms with Crippen LogP contribution in [-0.4, -0.2) is 18.3 Å². The molecule has 1 rings (SSSR count). The molecule has 0 unspecified atom stereocenters. The molecule has 3 nitrogen and oxygen atoms in total. The number of rotatable bonds is 2. The molecule has 1 N–H and O–H groups in total. The van der Waals surface area contributed by atoms with Crippen molar-refractivity contribution >= 4 is 11.9 Å². The summed E-state index contributed by atoms with van der Waals surface area (Å²) in [6.45, 7) is 3.87. The number of methoxy groups -OCH3 is 1. The second-order valence-corrected chi connectivity index (χ2v) is 2.42. The third-order valence-electron chi connectivity index (χ3n) is 1.57. The molecule has 1 aromatic rings. The molecule has 64 valence electrons. The number of pyridine rings is 1. The molecular weight excluding hydrogens is 152 g/mol. The van der Waals surface area contributed by atoms with Crippen molar-refractivity contribution in [2.45, 2.75) is 13.8 Å². The molecule has 0 saturated heterocycles. The van der Waals surface area contributed by atoms with E-state index in [0.29, 0.717) is 5.88 Å². The minimum atomic E-state index is 0.647. The van der Waals surface area contributed by atoms with Gasteiger partial charge in [-0.15, -0.1) is 0 Å². The highest BCUT2D eigenvalue weighted by atomic mass is 16.5. The average Bonchev–Trinajstić information content (AvgIpc) is 2.09. The molecular formula is C9H13N2O+. The van der Waals surface area contributed by atoms with Crippen molar-refractivity contribution in [1.29, 1.82) is 0 Å². The van der Waals surface area contributed by atoms with Gasteiger partial charge >= 0.3 is 0 Å². The fourth-order valence-corrected chi connectivity index (χ4v) is 0.960. The summed E-state index contributed by atoms with van der Waals surface area (Å²) < 4.78 is 4.98. The van der Waals surface area contributed by atoms with Crippen LogP contribution in [0.5, 0.6) is 5.88 Å². The maximum atomic E-state index is 4.98. The summed E-state index contributed by atoms with van der Waals surface area (Å²) in [5.74, 6) is 0.647. The number of aryl methyl sites for hydroxylation is 1. The van der Waals surface area contributed by atoms with Gasteiger partial charge in [-0.3, -0.25) is 0 Å². The van der Waals surface area contributed by atoms with Crippen LogP contribution in [0.4, 0.5) is 5.69 Å². The molecule has 0 spiro atoms. The van der Waals surface area contributed by atoms with Crippen molar-refractivity contribution in [2.24, 2.45) is 0 Å². The van der Waals surface area contributed by atoms with E-state index in [2.05, 4.69) is 9.98 Å². The van der Waals surface area contributed by atoms with Crippen LogP contribution >= 0.6 is 0 Å². The normalized spacial score (nSPS) is 10.6. The lowest BCUT2D eigenvalue weighted by Crippen LogP contribution is -2.61. The van der Waals surface area contributed by atoms with E-state index in [1.165, 1.54) is 0 Å². The Kier molecular flexibility index (Phi) is 2.80. The molecule has 0 saturated carbocycles. The summed E-state index contributed by atoms with van der Waals surface area (Å²) in [7, 11) is 1.61. The Morgan fingerprint density at radius 2 is 2.25 bits per heavy atom. The highest BCUT2D eigenvalue weighted by molar-refractivity contribution is 5.49. The smallest absolute Gasteiger partial charge is 0.224 e. The number of hydrogen-bond acceptors (Lipinski definition) is 2. The number of aromatic nitrogens is 1. The van der Waals surface area contributed by atoms with E-state index in [0.717, 1.165) is 11.4 Å². The molecule has 0 aromatic carbocycles. The van der Waals surface area contributed by atoms with E-state index in [9.17, 15) is 0 Å². The van der Waals surface area contributed by atoms with Gasteiger partial charge in [-0.2, -0.15) is 0 Å². The van der Waals surface area contributed by atoms with Gasteiger partial charge in [0.2, 0.25) is 11.6 Å². The summed E-state index contributed by atoms with van der Waals surface area (Å²) in [4.78, 5) is 7.29. The zero-order chi connectivity index (χ0) is 8.97. The molecule has 1 aromatic heterocycles. The number of ether oxygens (including phenoxy) is 1. The Morgan fingerprint density at radius 3 is 2.75 bits per heavy atom. The van der Waals surface area contributed by atoms with Crippen molar-refractivity contribution < 1.29 is 9.73 Å². The van der Waals surface area contributed by atoms with E-state index in [1.807, 2.05) is 32.2 Å². The fourth-order valence-electron chi connectivity index (χ4n) is 0.960. The van der Waals surface area contributed by atoms with Gasteiger partial charge < -0.3 is 4.74 Å². The molecule has 0 radical (unpaired) electrons.